The van der Waals surface area contributed by atoms with Gasteiger partial charge < -0.3 is 0 Å². The lowest BCUT2D eigenvalue weighted by atomic mass is 10.3. The first-order valence-electron chi connectivity index (χ1n) is 3.06. The van der Waals surface area contributed by atoms with Crippen molar-refractivity contribution in [2.45, 2.75) is 0 Å². The summed E-state index contributed by atoms with van der Waals surface area (Å²) in [6.45, 7) is 0. The zero-order valence-electron chi connectivity index (χ0n) is 5.44. The van der Waals surface area contributed by atoms with Crippen LogP contribution in [-0.2, 0) is 0 Å². The van der Waals surface area contributed by atoms with Crippen molar-refractivity contribution in [2.75, 3.05) is 0 Å². The van der Waals surface area contributed by atoms with Crippen molar-refractivity contribution in [3.05, 3.63) is 28.4 Å². The van der Waals surface area contributed by atoms with Crippen LogP contribution in [0.2, 0.25) is 10.2 Å². The lowest BCUT2D eigenvalue weighted by molar-refractivity contribution is 1.12. The van der Waals surface area contributed by atoms with E-state index >= 15 is 0 Å². The average molecular weight is 187 g/mol. The van der Waals surface area contributed by atoms with Crippen molar-refractivity contribution in [3.8, 4) is 0 Å². The third-order valence-electron chi connectivity index (χ3n) is 1.47. The van der Waals surface area contributed by atoms with Gasteiger partial charge in [-0.3, -0.25) is 5.10 Å². The zero-order chi connectivity index (χ0) is 7.84. The molecule has 0 aliphatic rings. The topological polar surface area (TPSA) is 28.7 Å². The lowest BCUT2D eigenvalue weighted by Crippen LogP contribution is -1.67. The van der Waals surface area contributed by atoms with Crippen LogP contribution in [0.1, 0.15) is 0 Å². The van der Waals surface area contributed by atoms with Gasteiger partial charge in [-0.25, -0.2) is 0 Å². The summed E-state index contributed by atoms with van der Waals surface area (Å²) in [6, 6.07) is 5.38. The van der Waals surface area contributed by atoms with E-state index in [-0.39, 0.29) is 0 Å². The predicted molar refractivity (Wildman–Crippen MR) is 46.1 cm³/mol. The Kier molecular flexibility index (Phi) is 1.51. The summed E-state index contributed by atoms with van der Waals surface area (Å²) in [7, 11) is 0. The van der Waals surface area contributed by atoms with Crippen molar-refractivity contribution in [1.29, 1.82) is 0 Å². The van der Waals surface area contributed by atoms with Crippen molar-refractivity contribution in [1.82, 2.24) is 10.2 Å². The Bertz CT molecular complexity index is 394. The second kappa shape index (κ2) is 2.40. The molecule has 1 N–H and O–H groups in total. The number of aromatic nitrogens is 2. The Hall–Kier alpha value is -0.730. The Morgan fingerprint density at radius 2 is 2.09 bits per heavy atom. The Balaban J connectivity index is 2.86. The van der Waals surface area contributed by atoms with Crippen LogP contribution in [0.25, 0.3) is 10.9 Å². The highest BCUT2D eigenvalue weighted by molar-refractivity contribution is 6.35. The molecule has 2 rings (SSSR count). The standard InChI is InChI=1S/C7H4Cl2N2/c8-4-1-2-5-6(3-4)10-11-7(5)9/h1-3H,(H,10,11). The molecule has 0 spiro atoms. The van der Waals surface area contributed by atoms with Crippen molar-refractivity contribution >= 4 is 34.1 Å². The minimum Gasteiger partial charge on any atom is -0.266 e. The third-order valence-corrected chi connectivity index (χ3v) is 1.99. The highest BCUT2D eigenvalue weighted by Crippen LogP contribution is 2.22. The molecule has 0 aliphatic carbocycles. The van der Waals surface area contributed by atoms with Crippen LogP contribution >= 0.6 is 23.2 Å². The second-order valence-corrected chi connectivity index (χ2v) is 3.01. The number of hydrogen-bond donors (Lipinski definition) is 1. The van der Waals surface area contributed by atoms with Crippen LogP contribution in [0.3, 0.4) is 0 Å². The first-order valence-corrected chi connectivity index (χ1v) is 3.82. The van der Waals surface area contributed by atoms with E-state index in [9.17, 15) is 0 Å². The van der Waals surface area contributed by atoms with Gasteiger partial charge in [-0.2, -0.15) is 5.10 Å². The molecule has 0 saturated heterocycles. The van der Waals surface area contributed by atoms with Crippen LogP contribution < -0.4 is 0 Å². The highest BCUT2D eigenvalue weighted by Gasteiger charge is 2.01. The molecule has 0 saturated carbocycles. The van der Waals surface area contributed by atoms with Gasteiger partial charge in [0.05, 0.1) is 5.52 Å². The van der Waals surface area contributed by atoms with E-state index in [1.54, 1.807) is 12.1 Å². The summed E-state index contributed by atoms with van der Waals surface area (Å²) in [5.41, 5.74) is 0.794. The van der Waals surface area contributed by atoms with Gasteiger partial charge in [0.1, 0.15) is 5.15 Å². The highest BCUT2D eigenvalue weighted by atomic mass is 35.5. The van der Waals surface area contributed by atoms with Gasteiger partial charge in [-0.15, -0.1) is 0 Å². The van der Waals surface area contributed by atoms with E-state index in [1.807, 2.05) is 6.07 Å². The lowest BCUT2D eigenvalue weighted by Gasteiger charge is -1.87. The van der Waals surface area contributed by atoms with Crippen LogP contribution in [0.4, 0.5) is 0 Å². The fourth-order valence-corrected chi connectivity index (χ4v) is 1.32. The minimum absolute atomic E-state index is 0.552. The molecule has 1 heterocycles. The number of nitrogens with one attached hydrogen (secondary N) is 1. The molecule has 0 radical (unpaired) electrons. The van der Waals surface area contributed by atoms with E-state index in [0.717, 1.165) is 10.9 Å². The van der Waals surface area contributed by atoms with Crippen molar-refractivity contribution in [3.63, 3.8) is 0 Å². The normalized spacial score (nSPS) is 10.7. The number of benzene rings is 1. The first-order chi connectivity index (χ1) is 5.27. The molecule has 2 nitrogen and oxygen atoms in total. The summed E-state index contributed by atoms with van der Waals surface area (Å²) in [4.78, 5) is 0. The molecule has 4 heteroatoms. The van der Waals surface area contributed by atoms with Gasteiger partial charge in [0.25, 0.3) is 0 Å². The van der Waals surface area contributed by atoms with Crippen molar-refractivity contribution < 1.29 is 0 Å². The van der Waals surface area contributed by atoms with Gasteiger partial charge in [0.15, 0.2) is 0 Å². The molecule has 0 aliphatic heterocycles. The minimum atomic E-state index is 0.552. The number of rotatable bonds is 0. The van der Waals surface area contributed by atoms with E-state index in [0.29, 0.717) is 10.2 Å². The van der Waals surface area contributed by atoms with Crippen LogP contribution in [-0.4, -0.2) is 10.2 Å². The molecule has 0 amide bonds. The second-order valence-electron chi connectivity index (χ2n) is 2.20. The van der Waals surface area contributed by atoms with E-state index in [2.05, 4.69) is 10.2 Å². The molecule has 11 heavy (non-hydrogen) atoms. The number of fused-ring (bicyclic) bond motifs is 1. The fraction of sp³-hybridized carbons (Fsp3) is 0. The van der Waals surface area contributed by atoms with Gasteiger partial charge in [-0.1, -0.05) is 23.2 Å². The number of nitrogens with zero attached hydrogens (tertiary/aromatic N) is 1. The largest absolute Gasteiger partial charge is 0.266 e. The molecule has 0 unspecified atom stereocenters. The van der Waals surface area contributed by atoms with Crippen molar-refractivity contribution in [2.24, 2.45) is 0 Å². The Labute approximate surface area is 73.1 Å². The maximum atomic E-state index is 5.76. The van der Waals surface area contributed by atoms with Gasteiger partial charge >= 0.3 is 0 Å². The van der Waals surface area contributed by atoms with E-state index < -0.39 is 0 Å². The number of halogens is 2. The van der Waals surface area contributed by atoms with Crippen LogP contribution in [0, 0.1) is 0 Å². The summed E-state index contributed by atoms with van der Waals surface area (Å²) in [5.74, 6) is 0. The molecule has 1 aromatic carbocycles. The zero-order valence-corrected chi connectivity index (χ0v) is 6.95. The van der Waals surface area contributed by atoms with E-state index in [1.165, 1.54) is 0 Å². The monoisotopic (exact) mass is 186 g/mol. The molecule has 0 atom stereocenters. The third kappa shape index (κ3) is 1.08. The van der Waals surface area contributed by atoms with Gasteiger partial charge in [-0.05, 0) is 18.2 Å². The molecule has 0 fully saturated rings. The summed E-state index contributed by atoms with van der Waals surface area (Å²) in [6.07, 6.45) is 0. The maximum Gasteiger partial charge on any atom is 0.132 e. The molecule has 0 bridgehead atoms. The SMILES string of the molecule is Clc1ccc2c(Cl)[nH]nc2c1. The smallest absolute Gasteiger partial charge is 0.132 e. The summed E-state index contributed by atoms with van der Waals surface area (Å²) >= 11 is 11.5. The molecule has 56 valence electrons. The quantitative estimate of drug-likeness (QED) is 0.674. The number of aromatic amines is 1. The summed E-state index contributed by atoms with van der Waals surface area (Å²) in [5, 5.41) is 8.72. The van der Waals surface area contributed by atoms with E-state index in [4.69, 9.17) is 23.2 Å². The Morgan fingerprint density at radius 1 is 1.27 bits per heavy atom. The Morgan fingerprint density at radius 3 is 2.91 bits per heavy atom. The molecule has 2 aromatic rings. The maximum absolute atomic E-state index is 5.76. The predicted octanol–water partition coefficient (Wildman–Crippen LogP) is 2.87. The number of H-pyrrole nitrogens is 1. The molecular formula is C7H4Cl2N2. The summed E-state index contributed by atoms with van der Waals surface area (Å²) < 4.78 is 0. The van der Waals surface area contributed by atoms with Gasteiger partial charge in [0, 0.05) is 10.4 Å². The molecular weight excluding hydrogens is 183 g/mol. The van der Waals surface area contributed by atoms with Crippen LogP contribution in [0.15, 0.2) is 18.2 Å². The number of hydrogen-bond acceptors (Lipinski definition) is 1. The van der Waals surface area contributed by atoms with Gasteiger partial charge in [0.2, 0.25) is 0 Å². The molecule has 1 aromatic heterocycles. The first kappa shape index (κ1) is 6.95. The van der Waals surface area contributed by atoms with Crippen LogP contribution in [0.5, 0.6) is 0 Å². The average Bonchev–Trinajstić information content (AvgIpc) is 2.32. The fourth-order valence-electron chi connectivity index (χ4n) is 0.952.